The summed E-state index contributed by atoms with van der Waals surface area (Å²) in [4.78, 5) is 0. The largest absolute Gasteiger partial charge is 0.487 e. The minimum atomic E-state index is 0.330. The Balaban J connectivity index is 1.83. The van der Waals surface area contributed by atoms with Crippen molar-refractivity contribution in [1.29, 1.82) is 0 Å². The Labute approximate surface area is 248 Å². The van der Waals surface area contributed by atoms with Gasteiger partial charge >= 0.3 is 0 Å². The van der Waals surface area contributed by atoms with E-state index in [1.165, 1.54) is 0 Å². The monoisotopic (exact) mass is 562 g/mol. The van der Waals surface area contributed by atoms with E-state index < -0.39 is 0 Å². The van der Waals surface area contributed by atoms with Crippen molar-refractivity contribution in [3.8, 4) is 11.5 Å². The van der Waals surface area contributed by atoms with Crippen LogP contribution in [0.5, 0.6) is 11.5 Å². The summed E-state index contributed by atoms with van der Waals surface area (Å²) < 4.78 is 28.8. The first kappa shape index (κ1) is 29.0. The summed E-state index contributed by atoms with van der Waals surface area (Å²) in [5, 5.41) is 4.35. The van der Waals surface area contributed by atoms with Crippen molar-refractivity contribution in [2.24, 2.45) is 0 Å². The molecule has 3 aromatic rings. The van der Waals surface area contributed by atoms with Gasteiger partial charge in [-0.05, 0) is 58.7 Å². The van der Waals surface area contributed by atoms with Crippen molar-refractivity contribution >= 4 is 34.4 Å². The SMILES string of the molecule is C1=C=C=c2ccccc2=C=C=C=C=c2cc3c(cc2=C=C=C=C=c2ccccc2=C=1)OCCOCCOCCOCCO3. The maximum absolute atomic E-state index is 6.04. The van der Waals surface area contributed by atoms with E-state index in [9.17, 15) is 0 Å². The van der Waals surface area contributed by atoms with Crippen LogP contribution in [0, 0.1) is 0 Å². The number of rotatable bonds is 0. The highest BCUT2D eigenvalue weighted by Crippen LogP contribution is 2.23. The molecule has 5 heteroatoms. The minimum absolute atomic E-state index is 0.330. The predicted octanol–water partition coefficient (Wildman–Crippen LogP) is 0.797. The topological polar surface area (TPSA) is 46.2 Å². The Kier molecular flexibility index (Phi) is 10.8. The van der Waals surface area contributed by atoms with E-state index in [2.05, 4.69) is 68.8 Å². The molecule has 5 nitrogen and oxygen atoms in total. The van der Waals surface area contributed by atoms with Gasteiger partial charge in [0.25, 0.3) is 0 Å². The van der Waals surface area contributed by atoms with Crippen LogP contribution in [0.3, 0.4) is 0 Å². The maximum Gasteiger partial charge on any atom is 0.162 e. The molecule has 0 spiro atoms. The lowest BCUT2D eigenvalue weighted by Gasteiger charge is -2.12. The Morgan fingerprint density at radius 3 is 0.953 bits per heavy atom. The van der Waals surface area contributed by atoms with Crippen molar-refractivity contribution in [1.82, 2.24) is 0 Å². The molecule has 0 aromatic heterocycles. The van der Waals surface area contributed by atoms with Gasteiger partial charge in [0.05, 0.1) is 39.6 Å². The van der Waals surface area contributed by atoms with Crippen LogP contribution in [0.2, 0.25) is 0 Å². The standard InChI is InChI=1S/C38H26O5/c1-2-12-32-14-4-6-16-34(32)18-8-10-20-36-30-38-37(42-27-25-40-23-21-39-22-24-41-26-28-43-38)29-35(36)19-9-7-17-33-15-5-3-13-31(33)11-1/h3-6,13-16,29-30H,21-28H2. The number of benzene rings is 3. The Hall–Kier alpha value is -5.50. The highest BCUT2D eigenvalue weighted by Gasteiger charge is 2.08. The fraction of sp³-hybridized carbons (Fsp3) is 0.211. The van der Waals surface area contributed by atoms with E-state index in [0.717, 1.165) is 20.9 Å². The molecule has 0 unspecified atom stereocenters. The molecule has 1 aliphatic carbocycles. The van der Waals surface area contributed by atoms with E-state index in [1.54, 1.807) is 0 Å². The minimum Gasteiger partial charge on any atom is -0.487 e. The smallest absolute Gasteiger partial charge is 0.162 e. The number of fused-ring (bicyclic) bond motifs is 4. The average molecular weight is 563 g/mol. The summed E-state index contributed by atoms with van der Waals surface area (Å²) in [6.07, 6.45) is 0. The van der Waals surface area contributed by atoms with E-state index in [0.29, 0.717) is 74.8 Å². The molecular formula is C38H26O5. The lowest BCUT2D eigenvalue weighted by Crippen LogP contribution is -2.24. The summed E-state index contributed by atoms with van der Waals surface area (Å²) in [5.41, 5.74) is 36.3. The van der Waals surface area contributed by atoms with Gasteiger partial charge in [0.2, 0.25) is 0 Å². The van der Waals surface area contributed by atoms with E-state index in [1.807, 2.05) is 60.7 Å². The van der Waals surface area contributed by atoms with Crippen molar-refractivity contribution in [2.45, 2.75) is 0 Å². The quantitative estimate of drug-likeness (QED) is 0.297. The summed E-state index contributed by atoms with van der Waals surface area (Å²) in [5.74, 6) is 1.05. The Bertz CT molecular complexity index is 2100. The first-order chi connectivity index (χ1) is 21.4. The van der Waals surface area contributed by atoms with Crippen molar-refractivity contribution in [2.75, 3.05) is 52.9 Å². The summed E-state index contributed by atoms with van der Waals surface area (Å²) >= 11 is 0. The fourth-order valence-corrected chi connectivity index (χ4v) is 3.95. The van der Waals surface area contributed by atoms with Crippen LogP contribution in [-0.4, -0.2) is 52.9 Å². The fourth-order valence-electron chi connectivity index (χ4n) is 3.95. The molecular weight excluding hydrogens is 536 g/mol. The highest BCUT2D eigenvalue weighted by molar-refractivity contribution is 5.45. The zero-order chi connectivity index (χ0) is 29.4. The molecule has 3 aromatic carbocycles. The molecule has 0 N–H and O–H groups in total. The number of hydrogen-bond acceptors (Lipinski definition) is 5. The first-order valence-corrected chi connectivity index (χ1v) is 13.8. The van der Waals surface area contributed by atoms with Gasteiger partial charge in [0, 0.05) is 43.4 Å². The van der Waals surface area contributed by atoms with Gasteiger partial charge in [-0.15, -0.1) is 0 Å². The average Bonchev–Trinajstić information content (AvgIpc) is 3.04. The molecule has 1 heterocycles. The molecule has 5 rings (SSSR count). The normalized spacial score (nSPS) is 14.3. The van der Waals surface area contributed by atoms with E-state index >= 15 is 0 Å². The first-order valence-electron chi connectivity index (χ1n) is 13.8. The van der Waals surface area contributed by atoms with Gasteiger partial charge in [0.1, 0.15) is 13.2 Å². The molecule has 0 radical (unpaired) electrons. The van der Waals surface area contributed by atoms with Crippen molar-refractivity contribution in [3.63, 3.8) is 0 Å². The van der Waals surface area contributed by atoms with Crippen LogP contribution in [0.4, 0.5) is 0 Å². The third-order valence-electron chi connectivity index (χ3n) is 6.02. The highest BCUT2D eigenvalue weighted by atomic mass is 16.6. The molecule has 1 aliphatic heterocycles. The second kappa shape index (κ2) is 16.1. The van der Waals surface area contributed by atoms with Gasteiger partial charge in [-0.25, -0.2) is 0 Å². The molecule has 2 aliphatic rings. The van der Waals surface area contributed by atoms with Crippen LogP contribution in [0.25, 0.3) is 34.4 Å². The van der Waals surface area contributed by atoms with E-state index in [4.69, 9.17) is 23.7 Å². The number of ether oxygens (including phenoxy) is 5. The summed E-state index contributed by atoms with van der Waals surface area (Å²) in [6, 6.07) is 18.9. The maximum atomic E-state index is 6.04. The molecule has 0 saturated heterocycles. The molecule has 0 atom stereocenters. The van der Waals surface area contributed by atoms with Crippen LogP contribution in [0.15, 0.2) is 95.1 Å². The number of hydrogen-bond donors (Lipinski definition) is 0. The molecule has 0 fully saturated rings. The summed E-state index contributed by atoms with van der Waals surface area (Å²) in [6.45, 7) is 3.41. The second-order valence-electron chi connectivity index (χ2n) is 8.97. The molecule has 0 saturated carbocycles. The van der Waals surface area contributed by atoms with Crippen LogP contribution in [-0.2, 0) is 14.2 Å². The summed E-state index contributed by atoms with van der Waals surface area (Å²) in [7, 11) is 0. The Morgan fingerprint density at radius 1 is 0.349 bits per heavy atom. The van der Waals surface area contributed by atoms with Crippen molar-refractivity contribution < 1.29 is 23.7 Å². The van der Waals surface area contributed by atoms with Gasteiger partial charge < -0.3 is 23.7 Å². The lowest BCUT2D eigenvalue weighted by molar-refractivity contribution is 0.00708. The zero-order valence-electron chi connectivity index (χ0n) is 23.5. The van der Waals surface area contributed by atoms with Gasteiger partial charge in [0.15, 0.2) is 11.5 Å². The molecule has 0 bridgehead atoms. The van der Waals surface area contributed by atoms with Gasteiger partial charge in [-0.1, -0.05) is 58.7 Å². The lowest BCUT2D eigenvalue weighted by atomic mass is 10.2. The second-order valence-corrected chi connectivity index (χ2v) is 8.97. The Morgan fingerprint density at radius 2 is 0.628 bits per heavy atom. The molecule has 0 amide bonds. The third kappa shape index (κ3) is 8.99. The zero-order valence-corrected chi connectivity index (χ0v) is 23.5. The predicted molar refractivity (Wildman–Crippen MR) is 162 cm³/mol. The molecule has 43 heavy (non-hydrogen) atoms. The van der Waals surface area contributed by atoms with Crippen LogP contribution < -0.4 is 40.8 Å². The van der Waals surface area contributed by atoms with Crippen LogP contribution >= 0.6 is 0 Å². The van der Waals surface area contributed by atoms with Gasteiger partial charge in [-0.2, -0.15) is 0 Å². The van der Waals surface area contributed by atoms with Gasteiger partial charge in [-0.3, -0.25) is 0 Å². The third-order valence-corrected chi connectivity index (χ3v) is 6.02. The van der Waals surface area contributed by atoms with Crippen molar-refractivity contribution in [3.05, 3.63) is 126 Å². The van der Waals surface area contributed by atoms with Crippen LogP contribution in [0.1, 0.15) is 0 Å². The molecule has 208 valence electrons. The van der Waals surface area contributed by atoms with E-state index in [-0.39, 0.29) is 0 Å².